The molecule has 4 atom stereocenters. The molecule has 0 bridgehead atoms. The molecule has 4 unspecified atom stereocenters. The summed E-state index contributed by atoms with van der Waals surface area (Å²) in [6, 6.07) is 8.44. The molecule has 2 aliphatic heterocycles. The second kappa shape index (κ2) is 12.7. The van der Waals surface area contributed by atoms with Gasteiger partial charge in [0.2, 0.25) is 21.8 Å². The zero-order valence-electron chi connectivity index (χ0n) is 22.9. The molecule has 2 aromatic rings. The summed E-state index contributed by atoms with van der Waals surface area (Å²) in [5, 5.41) is 11.7. The van der Waals surface area contributed by atoms with Crippen LogP contribution in [0.15, 0.2) is 60.0 Å². The maximum atomic E-state index is 14.5. The van der Waals surface area contributed by atoms with Gasteiger partial charge in [-0.3, -0.25) is 9.59 Å². The summed E-state index contributed by atoms with van der Waals surface area (Å²) in [5.74, 6) is -0.760. The Morgan fingerprint density at radius 2 is 1.78 bits per heavy atom. The van der Waals surface area contributed by atoms with E-state index in [0.29, 0.717) is 5.02 Å². The van der Waals surface area contributed by atoms with E-state index in [1.54, 1.807) is 29.2 Å². The van der Waals surface area contributed by atoms with Gasteiger partial charge in [-0.05, 0) is 49.7 Å². The molecule has 41 heavy (non-hydrogen) atoms. The highest BCUT2D eigenvalue weighted by Gasteiger charge is 2.56. The third-order valence-electron chi connectivity index (χ3n) is 7.24. The highest BCUT2D eigenvalue weighted by Crippen LogP contribution is 2.39. The van der Waals surface area contributed by atoms with E-state index in [0.717, 1.165) is 9.87 Å². The fourth-order valence-electron chi connectivity index (χ4n) is 5.31. The monoisotopic (exact) mass is 625 g/mol. The topological polar surface area (TPSA) is 117 Å². The van der Waals surface area contributed by atoms with Gasteiger partial charge in [-0.25, -0.2) is 8.42 Å². The zero-order chi connectivity index (χ0) is 30.1. The number of piperazine rings is 1. The number of methoxy groups -OCH3 is 1. The number of carbonyl (C=O) groups is 2. The van der Waals surface area contributed by atoms with E-state index in [2.05, 4.69) is 6.58 Å². The minimum atomic E-state index is -4.50. The van der Waals surface area contributed by atoms with Crippen LogP contribution in [0.5, 0.6) is 5.75 Å². The lowest BCUT2D eigenvalue weighted by Gasteiger charge is -2.55. The maximum absolute atomic E-state index is 14.5. The normalized spacial score (nSPS) is 22.6. The molecule has 2 heterocycles. The first-order chi connectivity index (χ1) is 19.4. The van der Waals surface area contributed by atoms with Gasteiger partial charge in [0.15, 0.2) is 6.29 Å². The number of ether oxygens (including phenoxy) is 2. The number of carbonyl (C=O) groups excluding carboxylic acids is 2. The Labute approximate surface area is 250 Å². The van der Waals surface area contributed by atoms with E-state index in [-0.39, 0.29) is 47.2 Å². The van der Waals surface area contributed by atoms with Gasteiger partial charge in [0.05, 0.1) is 26.3 Å². The lowest BCUT2D eigenvalue weighted by molar-refractivity contribution is -0.187. The first kappa shape index (κ1) is 31.3. The maximum Gasteiger partial charge on any atom is 0.249 e. The van der Waals surface area contributed by atoms with Crippen LogP contribution in [0.2, 0.25) is 10.0 Å². The van der Waals surface area contributed by atoms with Gasteiger partial charge in [0, 0.05) is 28.9 Å². The smallest absolute Gasteiger partial charge is 0.249 e. The van der Waals surface area contributed by atoms with Crippen LogP contribution >= 0.6 is 23.2 Å². The number of nitrogens with zero attached hydrogens (tertiary/aromatic N) is 3. The molecule has 2 aliphatic rings. The van der Waals surface area contributed by atoms with Crippen LogP contribution < -0.4 is 4.74 Å². The van der Waals surface area contributed by atoms with Crippen LogP contribution in [0.1, 0.15) is 25.8 Å². The summed E-state index contributed by atoms with van der Waals surface area (Å²) in [6.45, 7) is 7.01. The second-order valence-corrected chi connectivity index (χ2v) is 12.8. The van der Waals surface area contributed by atoms with Crippen LogP contribution in [-0.2, 0) is 30.8 Å². The number of hydrogen-bond donors (Lipinski definition) is 1. The molecule has 2 amide bonds. The number of amides is 2. The predicted molar refractivity (Wildman–Crippen MR) is 154 cm³/mol. The van der Waals surface area contributed by atoms with Crippen molar-refractivity contribution in [3.05, 3.63) is 70.7 Å². The van der Waals surface area contributed by atoms with E-state index < -0.39 is 46.9 Å². The minimum absolute atomic E-state index is 0.0309. The number of benzene rings is 2. The molecule has 2 aromatic carbocycles. The van der Waals surface area contributed by atoms with Crippen molar-refractivity contribution in [3.8, 4) is 5.75 Å². The highest BCUT2D eigenvalue weighted by atomic mass is 35.5. The van der Waals surface area contributed by atoms with Gasteiger partial charge >= 0.3 is 0 Å². The van der Waals surface area contributed by atoms with Crippen molar-refractivity contribution >= 4 is 45.0 Å². The quantitative estimate of drug-likeness (QED) is 0.318. The molecule has 13 heteroatoms. The second-order valence-electron chi connectivity index (χ2n) is 10.1. The lowest BCUT2D eigenvalue weighted by Crippen LogP contribution is -2.75. The van der Waals surface area contributed by atoms with Gasteiger partial charge in [-0.1, -0.05) is 41.4 Å². The summed E-state index contributed by atoms with van der Waals surface area (Å²) in [4.78, 5) is 30.2. The van der Waals surface area contributed by atoms with Crippen LogP contribution in [-0.4, -0.2) is 90.3 Å². The van der Waals surface area contributed by atoms with E-state index in [1.807, 2.05) is 13.8 Å². The van der Waals surface area contributed by atoms with Crippen LogP contribution in [0.4, 0.5) is 0 Å². The summed E-state index contributed by atoms with van der Waals surface area (Å²) in [5.41, 5.74) is 0.743. The number of sulfonamides is 1. The van der Waals surface area contributed by atoms with E-state index in [1.165, 1.54) is 36.3 Å². The fraction of sp³-hybridized carbons (Fsp3) is 0.429. The molecule has 0 saturated carbocycles. The summed E-state index contributed by atoms with van der Waals surface area (Å²) in [7, 11) is -3.17. The molecule has 0 radical (unpaired) electrons. The Morgan fingerprint density at radius 1 is 1.12 bits per heavy atom. The molecule has 10 nitrogen and oxygen atoms in total. The first-order valence-electron chi connectivity index (χ1n) is 13.0. The number of aliphatic hydroxyl groups excluding tert-OH is 1. The molecule has 0 spiro atoms. The number of hydrogen-bond acceptors (Lipinski definition) is 7. The number of aliphatic hydroxyl groups is 1. The Balaban J connectivity index is 1.88. The molecule has 222 valence electrons. The van der Waals surface area contributed by atoms with Crippen molar-refractivity contribution < 1.29 is 32.6 Å². The highest BCUT2D eigenvalue weighted by molar-refractivity contribution is 7.89. The third-order valence-corrected chi connectivity index (χ3v) is 9.67. The molecule has 0 aromatic heterocycles. The van der Waals surface area contributed by atoms with Gasteiger partial charge in [0.1, 0.15) is 22.9 Å². The van der Waals surface area contributed by atoms with Gasteiger partial charge in [0.25, 0.3) is 0 Å². The van der Waals surface area contributed by atoms with Crippen LogP contribution in [0.3, 0.4) is 0 Å². The van der Waals surface area contributed by atoms with Gasteiger partial charge in [-0.15, -0.1) is 6.58 Å². The van der Waals surface area contributed by atoms with Crippen molar-refractivity contribution in [1.82, 2.24) is 14.1 Å². The summed E-state index contributed by atoms with van der Waals surface area (Å²) in [6.07, 6.45) is -1.71. The van der Waals surface area contributed by atoms with Crippen molar-refractivity contribution in [1.29, 1.82) is 0 Å². The fourth-order valence-corrected chi connectivity index (χ4v) is 7.61. The van der Waals surface area contributed by atoms with Crippen LogP contribution in [0.25, 0.3) is 0 Å². The van der Waals surface area contributed by atoms with E-state index in [4.69, 9.17) is 32.7 Å². The molecular weight excluding hydrogens is 593 g/mol. The SMILES string of the molecule is C=CCOC(O)C1CC(=O)N2C(Cc3ccc(Cl)cc3)C(=O)N(C(C)C)CC2N1S(=O)(=O)c1cc(Cl)ccc1OC. The molecular formula is C28H33Cl2N3O7S. The Bertz CT molecular complexity index is 1400. The van der Waals surface area contributed by atoms with Crippen LogP contribution in [0, 0.1) is 0 Å². The summed E-state index contributed by atoms with van der Waals surface area (Å²) >= 11 is 12.3. The molecule has 4 rings (SSSR count). The Hall–Kier alpha value is -2.67. The van der Waals surface area contributed by atoms with E-state index in [9.17, 15) is 23.1 Å². The average molecular weight is 627 g/mol. The van der Waals surface area contributed by atoms with Crippen molar-refractivity contribution in [2.75, 3.05) is 20.3 Å². The average Bonchev–Trinajstić information content (AvgIpc) is 2.93. The lowest BCUT2D eigenvalue weighted by atomic mass is 9.95. The largest absolute Gasteiger partial charge is 0.495 e. The minimum Gasteiger partial charge on any atom is -0.495 e. The standard InChI is InChI=1S/C28H33Cl2N3O7S/c1-5-12-40-28(36)22-15-26(34)32-21(13-18-6-8-19(29)9-7-18)27(35)31(17(2)3)16-25(32)33(22)41(37,38)24-14-20(30)10-11-23(24)39-4/h5-11,14,17,21-22,25,28,36H,1,12-13,15-16H2,2-4H3. The van der Waals surface area contributed by atoms with Crippen molar-refractivity contribution in [3.63, 3.8) is 0 Å². The number of rotatable bonds is 10. The number of fused-ring (bicyclic) bond motifs is 1. The van der Waals surface area contributed by atoms with E-state index >= 15 is 0 Å². The van der Waals surface area contributed by atoms with Gasteiger partial charge < -0.3 is 24.4 Å². The number of halogens is 2. The van der Waals surface area contributed by atoms with Crippen molar-refractivity contribution in [2.45, 2.75) is 62.2 Å². The Kier molecular flexibility index (Phi) is 9.67. The Morgan fingerprint density at radius 3 is 2.39 bits per heavy atom. The summed E-state index contributed by atoms with van der Waals surface area (Å²) < 4.78 is 40.8. The first-order valence-corrected chi connectivity index (χ1v) is 15.2. The predicted octanol–water partition coefficient (Wildman–Crippen LogP) is 3.30. The molecule has 2 fully saturated rings. The zero-order valence-corrected chi connectivity index (χ0v) is 25.3. The van der Waals surface area contributed by atoms with Crippen molar-refractivity contribution in [2.24, 2.45) is 0 Å². The molecule has 1 N–H and O–H groups in total. The molecule has 0 aliphatic carbocycles. The molecule has 2 saturated heterocycles. The van der Waals surface area contributed by atoms with Gasteiger partial charge in [-0.2, -0.15) is 4.31 Å². The third kappa shape index (κ3) is 6.25.